The Morgan fingerprint density at radius 2 is 1.84 bits per heavy atom. The van der Waals surface area contributed by atoms with Crippen LogP contribution < -0.4 is 5.32 Å². The van der Waals surface area contributed by atoms with Crippen LogP contribution in [-0.2, 0) is 4.79 Å². The van der Waals surface area contributed by atoms with E-state index in [4.69, 9.17) is 0 Å². The van der Waals surface area contributed by atoms with Gasteiger partial charge in [0.15, 0.2) is 0 Å². The van der Waals surface area contributed by atoms with Gasteiger partial charge in [-0.2, -0.15) is 0 Å². The molecule has 0 fully saturated rings. The molecule has 1 aromatic carbocycles. The van der Waals surface area contributed by atoms with Crippen LogP contribution in [0, 0.1) is 5.41 Å². The zero-order valence-corrected chi connectivity index (χ0v) is 12.3. The van der Waals surface area contributed by atoms with Crippen molar-refractivity contribution < 1.29 is 9.90 Å². The van der Waals surface area contributed by atoms with Crippen LogP contribution in [0.2, 0.25) is 0 Å². The average Bonchev–Trinajstić information content (AvgIpc) is 2.35. The second-order valence-electron chi connectivity index (χ2n) is 6.20. The van der Waals surface area contributed by atoms with Crippen molar-refractivity contribution in [3.05, 3.63) is 35.9 Å². The van der Waals surface area contributed by atoms with Crippen LogP contribution in [0.1, 0.15) is 45.6 Å². The van der Waals surface area contributed by atoms with Gasteiger partial charge in [-0.25, -0.2) is 0 Å². The van der Waals surface area contributed by atoms with E-state index >= 15 is 0 Å². The molecule has 2 N–H and O–H groups in total. The third-order valence-corrected chi connectivity index (χ3v) is 3.35. The zero-order valence-electron chi connectivity index (χ0n) is 12.3. The summed E-state index contributed by atoms with van der Waals surface area (Å²) in [6.45, 7) is 8.21. The van der Waals surface area contributed by atoms with E-state index in [1.54, 1.807) is 0 Å². The highest BCUT2D eigenvalue weighted by Gasteiger charge is 2.22. The fourth-order valence-electron chi connectivity index (χ4n) is 1.77. The lowest BCUT2D eigenvalue weighted by Crippen LogP contribution is -2.39. The first kappa shape index (κ1) is 15.7. The highest BCUT2D eigenvalue weighted by Crippen LogP contribution is 2.19. The first-order valence-electron chi connectivity index (χ1n) is 6.80. The molecule has 0 heterocycles. The SMILES string of the molecule is CC(CC(=O)NCC(O)C(C)(C)C)c1ccccc1. The van der Waals surface area contributed by atoms with Gasteiger partial charge in [0.05, 0.1) is 6.10 Å². The summed E-state index contributed by atoms with van der Waals surface area (Å²) < 4.78 is 0. The molecule has 19 heavy (non-hydrogen) atoms. The number of amides is 1. The van der Waals surface area contributed by atoms with Crippen molar-refractivity contribution in [1.29, 1.82) is 0 Å². The van der Waals surface area contributed by atoms with E-state index in [-0.39, 0.29) is 17.2 Å². The van der Waals surface area contributed by atoms with Crippen LogP contribution in [0.4, 0.5) is 0 Å². The van der Waals surface area contributed by atoms with Gasteiger partial charge >= 0.3 is 0 Å². The molecule has 0 saturated heterocycles. The number of aliphatic hydroxyl groups excluding tert-OH is 1. The smallest absolute Gasteiger partial charge is 0.220 e. The monoisotopic (exact) mass is 263 g/mol. The van der Waals surface area contributed by atoms with E-state index < -0.39 is 6.10 Å². The summed E-state index contributed by atoms with van der Waals surface area (Å²) in [5, 5.41) is 12.7. The van der Waals surface area contributed by atoms with E-state index in [0.717, 1.165) is 5.56 Å². The van der Waals surface area contributed by atoms with Gasteiger partial charge in [-0.05, 0) is 16.9 Å². The first-order valence-corrected chi connectivity index (χ1v) is 6.80. The summed E-state index contributed by atoms with van der Waals surface area (Å²) in [7, 11) is 0. The lowest BCUT2D eigenvalue weighted by atomic mass is 9.89. The summed E-state index contributed by atoms with van der Waals surface area (Å²) in [4.78, 5) is 11.8. The molecule has 0 aromatic heterocycles. The molecule has 1 rings (SSSR count). The quantitative estimate of drug-likeness (QED) is 0.858. The molecule has 0 aliphatic heterocycles. The molecule has 3 heteroatoms. The van der Waals surface area contributed by atoms with E-state index in [9.17, 15) is 9.90 Å². The van der Waals surface area contributed by atoms with Crippen LogP contribution in [0.25, 0.3) is 0 Å². The third-order valence-electron chi connectivity index (χ3n) is 3.35. The Morgan fingerprint density at radius 3 is 2.37 bits per heavy atom. The van der Waals surface area contributed by atoms with Gasteiger partial charge < -0.3 is 10.4 Å². The highest BCUT2D eigenvalue weighted by atomic mass is 16.3. The maximum absolute atomic E-state index is 11.8. The van der Waals surface area contributed by atoms with Crippen LogP contribution in [-0.4, -0.2) is 23.7 Å². The topological polar surface area (TPSA) is 49.3 Å². The lowest BCUT2D eigenvalue weighted by molar-refractivity contribution is -0.122. The van der Waals surface area contributed by atoms with Crippen molar-refractivity contribution in [3.8, 4) is 0 Å². The standard InChI is InChI=1S/C16H25NO2/c1-12(13-8-6-5-7-9-13)10-15(19)17-11-14(18)16(2,3)4/h5-9,12,14,18H,10-11H2,1-4H3,(H,17,19). The maximum Gasteiger partial charge on any atom is 0.220 e. The van der Waals surface area contributed by atoms with Gasteiger partial charge in [0, 0.05) is 13.0 Å². The second-order valence-corrected chi connectivity index (χ2v) is 6.20. The largest absolute Gasteiger partial charge is 0.391 e. The Balaban J connectivity index is 2.40. The number of carbonyl (C=O) groups excluding carboxylic acids is 1. The van der Waals surface area contributed by atoms with E-state index in [2.05, 4.69) is 5.32 Å². The highest BCUT2D eigenvalue weighted by molar-refractivity contribution is 5.76. The minimum atomic E-state index is -0.525. The van der Waals surface area contributed by atoms with Gasteiger partial charge in [0.1, 0.15) is 0 Å². The molecule has 2 atom stereocenters. The minimum absolute atomic E-state index is 0.0142. The van der Waals surface area contributed by atoms with Gasteiger partial charge in [-0.1, -0.05) is 58.0 Å². The molecule has 1 amide bonds. The van der Waals surface area contributed by atoms with E-state index in [1.165, 1.54) is 0 Å². The van der Waals surface area contributed by atoms with Gasteiger partial charge in [0.25, 0.3) is 0 Å². The Bertz CT molecular complexity index is 395. The molecular weight excluding hydrogens is 238 g/mol. The van der Waals surface area contributed by atoms with Gasteiger partial charge in [0.2, 0.25) is 5.91 Å². The molecule has 3 nitrogen and oxygen atoms in total. The van der Waals surface area contributed by atoms with Crippen molar-refractivity contribution in [1.82, 2.24) is 5.32 Å². The number of benzene rings is 1. The molecule has 0 aliphatic carbocycles. The van der Waals surface area contributed by atoms with Gasteiger partial charge in [-0.3, -0.25) is 4.79 Å². The Hall–Kier alpha value is -1.35. The van der Waals surface area contributed by atoms with E-state index in [1.807, 2.05) is 58.0 Å². The molecule has 0 radical (unpaired) electrons. The molecular formula is C16H25NO2. The summed E-state index contributed by atoms with van der Waals surface area (Å²) in [5.41, 5.74) is 0.951. The molecule has 1 aromatic rings. The number of carbonyl (C=O) groups is 1. The van der Waals surface area contributed by atoms with Crippen LogP contribution in [0.15, 0.2) is 30.3 Å². The number of rotatable bonds is 5. The molecule has 106 valence electrons. The number of aliphatic hydroxyl groups is 1. The van der Waals surface area contributed by atoms with Crippen LogP contribution in [0.5, 0.6) is 0 Å². The average molecular weight is 263 g/mol. The predicted molar refractivity (Wildman–Crippen MR) is 77.9 cm³/mol. The number of nitrogens with one attached hydrogen (secondary N) is 1. The molecule has 0 spiro atoms. The summed E-state index contributed by atoms with van der Waals surface area (Å²) in [6.07, 6.45) is -0.0792. The zero-order chi connectivity index (χ0) is 14.5. The molecule has 2 unspecified atom stereocenters. The third kappa shape index (κ3) is 5.43. The summed E-state index contributed by atoms with van der Waals surface area (Å²) >= 11 is 0. The molecule has 0 bridgehead atoms. The Kier molecular flexibility index (Phi) is 5.55. The van der Waals surface area contributed by atoms with Crippen molar-refractivity contribution in [2.24, 2.45) is 5.41 Å². The Labute approximate surface area is 116 Å². The Morgan fingerprint density at radius 1 is 1.26 bits per heavy atom. The lowest BCUT2D eigenvalue weighted by Gasteiger charge is -2.26. The van der Waals surface area contributed by atoms with Crippen molar-refractivity contribution in [3.63, 3.8) is 0 Å². The number of hydrogen-bond donors (Lipinski definition) is 2. The van der Waals surface area contributed by atoms with Crippen molar-refractivity contribution in [2.75, 3.05) is 6.54 Å². The van der Waals surface area contributed by atoms with Crippen molar-refractivity contribution >= 4 is 5.91 Å². The van der Waals surface area contributed by atoms with Crippen LogP contribution in [0.3, 0.4) is 0 Å². The molecule has 0 aliphatic rings. The number of hydrogen-bond acceptors (Lipinski definition) is 2. The fourth-order valence-corrected chi connectivity index (χ4v) is 1.77. The van der Waals surface area contributed by atoms with Gasteiger partial charge in [-0.15, -0.1) is 0 Å². The maximum atomic E-state index is 11.8. The summed E-state index contributed by atoms with van der Waals surface area (Å²) in [5.74, 6) is 0.174. The predicted octanol–water partition coefficient (Wildman–Crippen LogP) is 2.70. The molecule has 0 saturated carbocycles. The van der Waals surface area contributed by atoms with Crippen molar-refractivity contribution in [2.45, 2.75) is 46.1 Å². The van der Waals surface area contributed by atoms with E-state index in [0.29, 0.717) is 13.0 Å². The minimum Gasteiger partial charge on any atom is -0.391 e. The van der Waals surface area contributed by atoms with Crippen LogP contribution >= 0.6 is 0 Å². The normalized spacial score (nSPS) is 14.8. The summed E-state index contributed by atoms with van der Waals surface area (Å²) in [6, 6.07) is 9.99. The fraction of sp³-hybridized carbons (Fsp3) is 0.562. The first-order chi connectivity index (χ1) is 8.80. The second kappa shape index (κ2) is 6.71.